The molecule has 0 aromatic heterocycles. The van der Waals surface area contributed by atoms with Crippen LogP contribution in [0.15, 0.2) is 91.0 Å². The van der Waals surface area contributed by atoms with Crippen LogP contribution in [0.1, 0.15) is 37.5 Å². The number of hydrogen-bond acceptors (Lipinski definition) is 8. The molecule has 0 bridgehead atoms. The fourth-order valence-corrected chi connectivity index (χ4v) is 3.67. The number of rotatable bonds is 7. The van der Waals surface area contributed by atoms with Crippen molar-refractivity contribution in [3.8, 4) is 0 Å². The Kier molecular flexibility index (Phi) is 7.87. The summed E-state index contributed by atoms with van der Waals surface area (Å²) in [5.74, 6) is -1.93. The topological polar surface area (TPSA) is 108 Å². The van der Waals surface area contributed by atoms with Gasteiger partial charge in [-0.25, -0.2) is 14.4 Å². The van der Waals surface area contributed by atoms with Gasteiger partial charge >= 0.3 is 17.9 Å². The van der Waals surface area contributed by atoms with E-state index < -0.39 is 42.5 Å². The highest BCUT2D eigenvalue weighted by Crippen LogP contribution is 2.27. The number of ether oxygens (including phenoxy) is 4. The van der Waals surface area contributed by atoms with Crippen LogP contribution in [0.4, 0.5) is 0 Å². The summed E-state index contributed by atoms with van der Waals surface area (Å²) in [6.45, 7) is -0.336. The third-order valence-corrected chi connectivity index (χ3v) is 5.41. The molecule has 4 rings (SSSR count). The number of aliphatic hydroxyl groups is 1. The van der Waals surface area contributed by atoms with Crippen molar-refractivity contribution in [1.29, 1.82) is 0 Å². The van der Waals surface area contributed by atoms with Crippen LogP contribution >= 0.6 is 0 Å². The van der Waals surface area contributed by atoms with E-state index in [0.717, 1.165) is 0 Å². The predicted molar refractivity (Wildman–Crippen MR) is 124 cm³/mol. The summed E-state index contributed by atoms with van der Waals surface area (Å²) in [4.78, 5) is 38.0. The number of carbonyl (C=O) groups excluding carboxylic acids is 3. The van der Waals surface area contributed by atoms with E-state index in [0.29, 0.717) is 11.1 Å². The van der Waals surface area contributed by atoms with Gasteiger partial charge in [-0.1, -0.05) is 54.6 Å². The monoisotopic (exact) mass is 476 g/mol. The molecule has 180 valence electrons. The van der Waals surface area contributed by atoms with Crippen molar-refractivity contribution in [3.63, 3.8) is 0 Å². The van der Waals surface area contributed by atoms with Gasteiger partial charge < -0.3 is 24.1 Å². The minimum Gasteiger partial charge on any atom is -0.459 e. The molecule has 0 radical (unpaired) electrons. The number of carbonyl (C=O) groups is 3. The van der Waals surface area contributed by atoms with E-state index in [4.69, 9.17) is 18.9 Å². The molecule has 0 aliphatic carbocycles. The molecular formula is C27H24O8. The summed E-state index contributed by atoms with van der Waals surface area (Å²) in [5.41, 5.74) is 0.911. The molecule has 8 heteroatoms. The highest BCUT2D eigenvalue weighted by molar-refractivity contribution is 5.90. The normalized spacial score (nSPS) is 21.5. The van der Waals surface area contributed by atoms with Gasteiger partial charge in [0.1, 0.15) is 18.8 Å². The molecule has 1 saturated heterocycles. The van der Waals surface area contributed by atoms with Crippen molar-refractivity contribution in [2.45, 2.75) is 31.0 Å². The van der Waals surface area contributed by atoms with E-state index in [1.807, 2.05) is 0 Å². The van der Waals surface area contributed by atoms with Crippen LogP contribution in [-0.4, -0.2) is 54.2 Å². The van der Waals surface area contributed by atoms with Gasteiger partial charge in [-0.3, -0.25) is 0 Å². The number of aliphatic hydroxyl groups excluding tert-OH is 1. The van der Waals surface area contributed by atoms with Crippen LogP contribution in [0.25, 0.3) is 0 Å². The Balaban J connectivity index is 1.53. The largest absolute Gasteiger partial charge is 0.459 e. The van der Waals surface area contributed by atoms with Gasteiger partial charge in [0.2, 0.25) is 0 Å². The van der Waals surface area contributed by atoms with E-state index >= 15 is 0 Å². The van der Waals surface area contributed by atoms with Crippen molar-refractivity contribution in [2.75, 3.05) is 6.61 Å². The lowest BCUT2D eigenvalue weighted by Crippen LogP contribution is -2.54. The Morgan fingerprint density at radius 3 is 1.69 bits per heavy atom. The zero-order valence-electron chi connectivity index (χ0n) is 18.7. The molecule has 4 unspecified atom stereocenters. The second-order valence-electron chi connectivity index (χ2n) is 7.88. The Hall–Kier alpha value is -4.01. The fourth-order valence-electron chi connectivity index (χ4n) is 3.67. The van der Waals surface area contributed by atoms with E-state index in [2.05, 4.69) is 0 Å². The first-order chi connectivity index (χ1) is 17.0. The van der Waals surface area contributed by atoms with E-state index in [1.165, 1.54) is 0 Å². The molecule has 1 heterocycles. The number of hydrogen-bond donors (Lipinski definition) is 1. The Morgan fingerprint density at radius 1 is 0.714 bits per heavy atom. The quantitative estimate of drug-likeness (QED) is 0.408. The number of esters is 3. The molecule has 1 N–H and O–H groups in total. The van der Waals surface area contributed by atoms with Crippen LogP contribution in [-0.2, 0) is 18.9 Å². The molecule has 3 aromatic rings. The number of benzene rings is 3. The summed E-state index contributed by atoms with van der Waals surface area (Å²) < 4.78 is 22.2. The summed E-state index contributed by atoms with van der Waals surface area (Å²) in [6, 6.07) is 24.9. The average molecular weight is 476 g/mol. The Labute approximate surface area is 202 Å². The van der Waals surface area contributed by atoms with Gasteiger partial charge in [-0.05, 0) is 36.4 Å². The smallest absolute Gasteiger partial charge is 0.338 e. The molecule has 3 aromatic carbocycles. The molecule has 8 nitrogen and oxygen atoms in total. The molecule has 0 spiro atoms. The van der Waals surface area contributed by atoms with Gasteiger partial charge in [-0.2, -0.15) is 0 Å². The predicted octanol–water partition coefficient (Wildman–Crippen LogP) is 3.40. The van der Waals surface area contributed by atoms with Crippen LogP contribution in [0.5, 0.6) is 0 Å². The molecule has 0 saturated carbocycles. The maximum absolute atomic E-state index is 12.8. The van der Waals surface area contributed by atoms with Crippen LogP contribution in [0.3, 0.4) is 0 Å². The summed E-state index contributed by atoms with van der Waals surface area (Å²) >= 11 is 0. The van der Waals surface area contributed by atoms with Crippen molar-refractivity contribution in [2.24, 2.45) is 0 Å². The van der Waals surface area contributed by atoms with Gasteiger partial charge in [0.15, 0.2) is 12.4 Å². The minimum atomic E-state index is -1.32. The zero-order valence-corrected chi connectivity index (χ0v) is 18.7. The maximum atomic E-state index is 12.8. The van der Waals surface area contributed by atoms with E-state index in [9.17, 15) is 19.5 Å². The van der Waals surface area contributed by atoms with E-state index in [-0.39, 0.29) is 18.6 Å². The summed E-state index contributed by atoms with van der Waals surface area (Å²) in [6.07, 6.45) is -4.71. The van der Waals surface area contributed by atoms with Crippen LogP contribution in [0.2, 0.25) is 0 Å². The maximum Gasteiger partial charge on any atom is 0.338 e. The first kappa shape index (κ1) is 24.1. The van der Waals surface area contributed by atoms with Crippen molar-refractivity contribution < 1.29 is 38.4 Å². The van der Waals surface area contributed by atoms with Crippen molar-refractivity contribution in [3.05, 3.63) is 108 Å². The van der Waals surface area contributed by atoms with Crippen molar-refractivity contribution >= 4 is 17.9 Å². The second kappa shape index (κ2) is 11.4. The standard InChI is InChI=1S/C27H24O8/c28-23-16-21(34-26(30)19-12-6-2-7-13-19)24(35-27(31)20-14-8-3-9-15-20)22(33-23)17-32-25(29)18-10-4-1-5-11-18/h1-15,21-24,28H,16-17H2. The lowest BCUT2D eigenvalue weighted by atomic mass is 10.0. The minimum absolute atomic E-state index is 0.131. The van der Waals surface area contributed by atoms with Gasteiger partial charge in [0.05, 0.1) is 16.7 Å². The highest BCUT2D eigenvalue weighted by Gasteiger charge is 2.44. The summed E-state index contributed by atoms with van der Waals surface area (Å²) in [7, 11) is 0. The molecular weight excluding hydrogens is 452 g/mol. The molecule has 1 aliphatic rings. The lowest BCUT2D eigenvalue weighted by molar-refractivity contribution is -0.239. The Bertz CT molecular complexity index is 1130. The summed E-state index contributed by atoms with van der Waals surface area (Å²) in [5, 5.41) is 10.3. The van der Waals surface area contributed by atoms with Gasteiger partial charge in [0, 0.05) is 6.42 Å². The fraction of sp³-hybridized carbons (Fsp3) is 0.222. The molecule has 35 heavy (non-hydrogen) atoms. The van der Waals surface area contributed by atoms with E-state index in [1.54, 1.807) is 91.0 Å². The third kappa shape index (κ3) is 6.32. The molecule has 4 atom stereocenters. The van der Waals surface area contributed by atoms with Crippen LogP contribution in [0, 0.1) is 0 Å². The van der Waals surface area contributed by atoms with Crippen LogP contribution < -0.4 is 0 Å². The Morgan fingerprint density at radius 2 is 1.17 bits per heavy atom. The zero-order chi connectivity index (χ0) is 24.6. The SMILES string of the molecule is O=C(OCC1OC(O)CC(OC(=O)c2ccccc2)C1OC(=O)c1ccccc1)c1ccccc1. The molecule has 0 amide bonds. The molecule has 1 aliphatic heterocycles. The first-order valence-electron chi connectivity index (χ1n) is 11.1. The van der Waals surface area contributed by atoms with Gasteiger partial charge in [-0.15, -0.1) is 0 Å². The lowest BCUT2D eigenvalue weighted by Gasteiger charge is -2.38. The van der Waals surface area contributed by atoms with Gasteiger partial charge in [0.25, 0.3) is 0 Å². The second-order valence-corrected chi connectivity index (χ2v) is 7.88. The highest BCUT2D eigenvalue weighted by atomic mass is 16.7. The van der Waals surface area contributed by atoms with Crippen molar-refractivity contribution in [1.82, 2.24) is 0 Å². The third-order valence-electron chi connectivity index (χ3n) is 5.41. The molecule has 1 fully saturated rings. The average Bonchev–Trinajstić information content (AvgIpc) is 2.90. The first-order valence-corrected chi connectivity index (χ1v) is 11.1.